The number of nitrogens with zero attached hydrogens (tertiary/aromatic N) is 6. The summed E-state index contributed by atoms with van der Waals surface area (Å²) in [5, 5.41) is 18.1. The smallest absolute Gasteiger partial charge is 0.313 e. The van der Waals surface area contributed by atoms with Crippen LogP contribution in [0.1, 0.15) is 44.3 Å². The number of likely N-dealkylation sites (tertiary alicyclic amines) is 1. The van der Waals surface area contributed by atoms with Gasteiger partial charge in [-0.15, -0.1) is 5.10 Å². The Bertz CT molecular complexity index is 1830. The van der Waals surface area contributed by atoms with Crippen molar-refractivity contribution in [2.75, 3.05) is 26.7 Å². The summed E-state index contributed by atoms with van der Waals surface area (Å²) in [5.74, 6) is -3.49. The third kappa shape index (κ3) is 5.77. The second kappa shape index (κ2) is 13.8. The molecule has 0 radical (unpaired) electrons. The molecule has 7 atom stereocenters. The molecule has 2 aromatic carbocycles. The lowest BCUT2D eigenvalue weighted by Gasteiger charge is -2.35. The first-order valence-electron chi connectivity index (χ1n) is 17.3. The highest BCUT2D eigenvalue weighted by Gasteiger charge is 2.73. The molecule has 2 fully saturated rings. The minimum Gasteiger partial charge on any atom is -0.455 e. The van der Waals surface area contributed by atoms with Gasteiger partial charge < -0.3 is 29.3 Å². The second-order valence-corrected chi connectivity index (χ2v) is 13.5. The van der Waals surface area contributed by atoms with Crippen LogP contribution in [-0.2, 0) is 35.3 Å². The molecule has 13 heteroatoms. The van der Waals surface area contributed by atoms with Gasteiger partial charge >= 0.3 is 5.97 Å². The Balaban J connectivity index is 1.30. The molecule has 4 aliphatic rings. The number of cyclic esters (lactones) is 1. The fourth-order valence-corrected chi connectivity index (χ4v) is 7.85. The molecular formula is C37H42N6O7. The van der Waals surface area contributed by atoms with Crippen LogP contribution in [0, 0.1) is 11.8 Å². The summed E-state index contributed by atoms with van der Waals surface area (Å²) in [6.45, 7) is 2.18. The van der Waals surface area contributed by atoms with E-state index in [2.05, 4.69) is 10.3 Å². The number of carbonyl (C=O) groups excluding carboxylic acids is 4. The topological polar surface area (TPSA) is 147 Å². The maximum absolute atomic E-state index is 14.9. The number of rotatable bonds is 7. The number of allylic oxidation sites excluding steroid dienone is 1. The van der Waals surface area contributed by atoms with E-state index in [1.807, 2.05) is 73.7 Å². The summed E-state index contributed by atoms with van der Waals surface area (Å²) >= 11 is 0. The molecule has 0 unspecified atom stereocenters. The molecule has 2 saturated heterocycles. The van der Waals surface area contributed by atoms with Crippen molar-refractivity contribution in [3.8, 4) is 0 Å². The van der Waals surface area contributed by atoms with Crippen LogP contribution in [0.15, 0.2) is 78.9 Å². The molecule has 1 spiro atoms. The molecule has 0 aliphatic carbocycles. The fourth-order valence-electron chi connectivity index (χ4n) is 7.85. The SMILES string of the molecule is C[C@H]1[C@H](c2ccccc2)OC(=O)[C@@H]2[C@H]3C(=O)N(CCCCO)[C@H](C(=O)N(Cn4nnc5ccccc54)C/C=C\CCC(=O)N1C)[C@]31C=C[C@H]2O1. The van der Waals surface area contributed by atoms with Crippen molar-refractivity contribution in [3.63, 3.8) is 0 Å². The summed E-state index contributed by atoms with van der Waals surface area (Å²) in [5.41, 5.74) is 0.729. The summed E-state index contributed by atoms with van der Waals surface area (Å²) in [7, 11) is 1.70. The van der Waals surface area contributed by atoms with E-state index in [1.54, 1.807) is 33.7 Å². The molecule has 50 heavy (non-hydrogen) atoms. The lowest BCUT2D eigenvalue weighted by atomic mass is 9.74. The van der Waals surface area contributed by atoms with Crippen LogP contribution in [-0.4, -0.2) is 109 Å². The van der Waals surface area contributed by atoms with Crippen LogP contribution in [0.5, 0.6) is 0 Å². The van der Waals surface area contributed by atoms with E-state index < -0.39 is 47.7 Å². The number of amides is 3. The predicted octanol–water partition coefficient (Wildman–Crippen LogP) is 2.62. The molecule has 0 saturated carbocycles. The van der Waals surface area contributed by atoms with Crippen molar-refractivity contribution >= 4 is 34.7 Å². The molecule has 4 aliphatic heterocycles. The van der Waals surface area contributed by atoms with Crippen LogP contribution in [0.25, 0.3) is 11.0 Å². The Labute approximate surface area is 290 Å². The average Bonchev–Trinajstić information content (AvgIpc) is 3.88. The van der Waals surface area contributed by atoms with E-state index in [1.165, 1.54) is 4.90 Å². The molecule has 3 aromatic rings. The first-order valence-corrected chi connectivity index (χ1v) is 17.3. The van der Waals surface area contributed by atoms with E-state index >= 15 is 0 Å². The first-order chi connectivity index (χ1) is 24.2. The number of likely N-dealkylation sites (N-methyl/N-ethyl adjacent to an activating group) is 1. The van der Waals surface area contributed by atoms with Gasteiger partial charge in [-0.05, 0) is 43.9 Å². The number of carbonyl (C=O) groups is 4. The number of esters is 1. The molecule has 262 valence electrons. The van der Waals surface area contributed by atoms with Crippen LogP contribution < -0.4 is 0 Å². The van der Waals surface area contributed by atoms with Gasteiger partial charge in [0.15, 0.2) is 0 Å². The number of aliphatic hydroxyl groups excluding tert-OH is 1. The van der Waals surface area contributed by atoms with E-state index in [-0.39, 0.29) is 50.5 Å². The molecule has 5 heterocycles. The van der Waals surface area contributed by atoms with E-state index in [4.69, 9.17) is 9.47 Å². The normalized spacial score (nSPS) is 30.7. The van der Waals surface area contributed by atoms with Crippen LogP contribution in [0.2, 0.25) is 0 Å². The Morgan fingerprint density at radius 3 is 2.56 bits per heavy atom. The molecule has 7 rings (SSSR count). The number of hydrogen-bond donors (Lipinski definition) is 1. The standard InChI is InChI=1S/C37H42N6O7/c1-24-32(25-13-5-3-6-14-25)49-36(48)30-28-18-19-37(50-28)31(30)34(46)42(21-11-12-22-44)33(37)35(47)41(20-10-4-7-17-29(45)40(24)2)23-43-27-16-9-8-15-26(27)38-39-43/h3-6,8-10,13-16,18-19,24,28,30-33,44H,7,11-12,17,20-23H2,1-2H3/b10-4-/t24-,28+,30-,31-,32+,33+,37-/m0/s1. The largest absolute Gasteiger partial charge is 0.455 e. The Morgan fingerprint density at radius 1 is 0.980 bits per heavy atom. The monoisotopic (exact) mass is 682 g/mol. The lowest BCUT2D eigenvalue weighted by Crippen LogP contribution is -2.56. The minimum atomic E-state index is -1.40. The van der Waals surface area contributed by atoms with Gasteiger partial charge in [-0.1, -0.05) is 72.0 Å². The van der Waals surface area contributed by atoms with Crippen LogP contribution in [0.3, 0.4) is 0 Å². The van der Waals surface area contributed by atoms with Gasteiger partial charge in [-0.25, -0.2) is 4.68 Å². The first kappa shape index (κ1) is 33.6. The van der Waals surface area contributed by atoms with Crippen molar-refractivity contribution < 1.29 is 33.8 Å². The lowest BCUT2D eigenvalue weighted by molar-refractivity contribution is -0.164. The summed E-state index contributed by atoms with van der Waals surface area (Å²) in [4.78, 5) is 61.9. The van der Waals surface area contributed by atoms with Gasteiger partial charge in [-0.3, -0.25) is 19.2 Å². The number of aromatic nitrogens is 3. The summed E-state index contributed by atoms with van der Waals surface area (Å²) in [6.07, 6.45) is 7.20. The Hall–Kier alpha value is -4.88. The zero-order chi connectivity index (χ0) is 35.0. The van der Waals surface area contributed by atoms with Crippen molar-refractivity contribution in [2.24, 2.45) is 11.8 Å². The second-order valence-electron chi connectivity index (χ2n) is 13.5. The third-order valence-electron chi connectivity index (χ3n) is 10.6. The minimum absolute atomic E-state index is 0.0379. The number of benzene rings is 2. The van der Waals surface area contributed by atoms with E-state index in [9.17, 15) is 24.3 Å². The zero-order valence-electron chi connectivity index (χ0n) is 28.2. The maximum Gasteiger partial charge on any atom is 0.313 e. The molecule has 13 nitrogen and oxygen atoms in total. The van der Waals surface area contributed by atoms with Gasteiger partial charge in [0.25, 0.3) is 5.91 Å². The fraction of sp³-hybridized carbons (Fsp3) is 0.459. The number of unbranched alkanes of at least 4 members (excludes halogenated alkanes) is 1. The Morgan fingerprint density at radius 2 is 1.76 bits per heavy atom. The van der Waals surface area contributed by atoms with E-state index in [0.717, 1.165) is 5.52 Å². The molecule has 1 N–H and O–H groups in total. The average molecular weight is 683 g/mol. The zero-order valence-corrected chi connectivity index (χ0v) is 28.2. The van der Waals surface area contributed by atoms with E-state index in [0.29, 0.717) is 30.3 Å². The van der Waals surface area contributed by atoms with Crippen molar-refractivity contribution in [1.29, 1.82) is 0 Å². The van der Waals surface area contributed by atoms with Gasteiger partial charge in [0, 0.05) is 33.2 Å². The van der Waals surface area contributed by atoms with Crippen molar-refractivity contribution in [1.82, 2.24) is 29.7 Å². The van der Waals surface area contributed by atoms with Crippen molar-refractivity contribution in [3.05, 3.63) is 84.5 Å². The van der Waals surface area contributed by atoms with Crippen molar-refractivity contribution in [2.45, 2.75) is 69.2 Å². The van der Waals surface area contributed by atoms with Crippen LogP contribution in [0.4, 0.5) is 0 Å². The Kier molecular flexibility index (Phi) is 9.27. The van der Waals surface area contributed by atoms with Gasteiger partial charge in [0.05, 0.1) is 23.6 Å². The number of aliphatic hydroxyl groups is 1. The highest BCUT2D eigenvalue weighted by Crippen LogP contribution is 2.56. The number of para-hydroxylation sites is 1. The van der Waals surface area contributed by atoms with Gasteiger partial charge in [0.1, 0.15) is 35.9 Å². The number of ether oxygens (including phenoxy) is 2. The maximum atomic E-state index is 14.9. The molecule has 1 aromatic heterocycles. The molecule has 5 bridgehead atoms. The summed E-state index contributed by atoms with van der Waals surface area (Å²) < 4.78 is 14.5. The number of hydrogen-bond acceptors (Lipinski definition) is 9. The molecular weight excluding hydrogens is 640 g/mol. The number of fused-ring (bicyclic) bond motifs is 3. The van der Waals surface area contributed by atoms with Crippen LogP contribution >= 0.6 is 0 Å². The predicted molar refractivity (Wildman–Crippen MR) is 181 cm³/mol. The highest BCUT2D eigenvalue weighted by atomic mass is 16.6. The summed E-state index contributed by atoms with van der Waals surface area (Å²) in [6, 6.07) is 15.1. The molecule has 3 amide bonds. The van der Waals surface area contributed by atoms with Gasteiger partial charge in [0.2, 0.25) is 11.8 Å². The quantitative estimate of drug-likeness (QED) is 0.226. The third-order valence-corrected chi connectivity index (χ3v) is 10.6. The van der Waals surface area contributed by atoms with Gasteiger partial charge in [-0.2, -0.15) is 0 Å². The highest BCUT2D eigenvalue weighted by molar-refractivity contribution is 5.99.